The molecule has 112 valence electrons. The quantitative estimate of drug-likeness (QED) is 0.753. The first kappa shape index (κ1) is 16.3. The summed E-state index contributed by atoms with van der Waals surface area (Å²) in [5.74, 6) is 0.693. The van der Waals surface area contributed by atoms with Gasteiger partial charge in [-0.25, -0.2) is 0 Å². The van der Waals surface area contributed by atoms with E-state index in [0.717, 1.165) is 19.8 Å². The third-order valence-corrected chi connectivity index (χ3v) is 4.88. The smallest absolute Gasteiger partial charge is 0.0623 e. The van der Waals surface area contributed by atoms with Crippen LogP contribution in [0.25, 0.3) is 0 Å². The molecule has 0 bridgehead atoms. The fourth-order valence-corrected chi connectivity index (χ4v) is 3.85. The molecular formula is C15H22ClIN2O. The van der Waals surface area contributed by atoms with Crippen molar-refractivity contribution in [2.45, 2.75) is 31.3 Å². The monoisotopic (exact) mass is 408 g/mol. The van der Waals surface area contributed by atoms with Gasteiger partial charge in [-0.3, -0.25) is 0 Å². The second-order valence-electron chi connectivity index (χ2n) is 5.49. The Bertz CT molecular complexity index is 426. The van der Waals surface area contributed by atoms with Gasteiger partial charge in [-0.15, -0.1) is 12.4 Å². The van der Waals surface area contributed by atoms with Crippen LogP contribution >= 0.6 is 35.0 Å². The summed E-state index contributed by atoms with van der Waals surface area (Å²) in [4.78, 5) is 0. The molecule has 2 N–H and O–H groups in total. The van der Waals surface area contributed by atoms with E-state index >= 15 is 0 Å². The normalized spacial score (nSPS) is 29.8. The summed E-state index contributed by atoms with van der Waals surface area (Å²) in [6.45, 7) is 2.73. The first-order valence-corrected chi connectivity index (χ1v) is 8.24. The van der Waals surface area contributed by atoms with Gasteiger partial charge in [0.2, 0.25) is 0 Å². The van der Waals surface area contributed by atoms with Gasteiger partial charge in [-0.2, -0.15) is 0 Å². The van der Waals surface area contributed by atoms with Crippen LogP contribution in [0, 0.1) is 9.49 Å². The summed E-state index contributed by atoms with van der Waals surface area (Å²) < 4.78 is 6.91. The Morgan fingerprint density at radius 3 is 2.95 bits per heavy atom. The van der Waals surface area contributed by atoms with Crippen molar-refractivity contribution in [2.24, 2.45) is 5.92 Å². The van der Waals surface area contributed by atoms with E-state index < -0.39 is 0 Å². The molecule has 0 amide bonds. The summed E-state index contributed by atoms with van der Waals surface area (Å²) in [6.07, 6.45) is 3.90. The number of anilines is 1. The number of morpholine rings is 1. The molecule has 3 unspecified atom stereocenters. The van der Waals surface area contributed by atoms with Crippen LogP contribution in [0.4, 0.5) is 5.69 Å². The maximum atomic E-state index is 5.62. The molecule has 5 heteroatoms. The maximum absolute atomic E-state index is 5.62. The molecule has 1 aliphatic carbocycles. The highest BCUT2D eigenvalue weighted by Gasteiger charge is 2.34. The summed E-state index contributed by atoms with van der Waals surface area (Å²) in [6, 6.07) is 9.75. The fraction of sp³-hybridized carbons (Fsp3) is 0.600. The number of ether oxygens (including phenoxy) is 1. The van der Waals surface area contributed by atoms with Gasteiger partial charge in [0, 0.05) is 27.9 Å². The van der Waals surface area contributed by atoms with Crippen LogP contribution in [0.3, 0.4) is 0 Å². The van der Waals surface area contributed by atoms with Gasteiger partial charge in [0.05, 0.1) is 13.2 Å². The van der Waals surface area contributed by atoms with Gasteiger partial charge in [-0.1, -0.05) is 12.5 Å². The van der Waals surface area contributed by atoms with Crippen molar-refractivity contribution in [3.05, 3.63) is 27.8 Å². The van der Waals surface area contributed by atoms with E-state index in [0.29, 0.717) is 18.0 Å². The number of benzene rings is 1. The molecule has 1 aliphatic heterocycles. The molecule has 1 aromatic rings. The first-order valence-electron chi connectivity index (χ1n) is 7.16. The van der Waals surface area contributed by atoms with Crippen LogP contribution in [0.1, 0.15) is 19.3 Å². The lowest BCUT2D eigenvalue weighted by Gasteiger charge is -2.33. The average molecular weight is 409 g/mol. The van der Waals surface area contributed by atoms with Crippen LogP contribution < -0.4 is 10.6 Å². The number of halogens is 2. The molecule has 0 radical (unpaired) electrons. The predicted molar refractivity (Wildman–Crippen MR) is 93.8 cm³/mol. The first-order chi connectivity index (χ1) is 9.33. The Hall–Kier alpha value is -0.0400. The Morgan fingerprint density at radius 1 is 1.30 bits per heavy atom. The van der Waals surface area contributed by atoms with E-state index in [1.165, 1.54) is 28.5 Å². The lowest BCUT2D eigenvalue weighted by Crippen LogP contribution is -2.49. The largest absolute Gasteiger partial charge is 0.382 e. The summed E-state index contributed by atoms with van der Waals surface area (Å²) >= 11 is 2.37. The number of rotatable bonds is 3. The molecule has 3 atom stereocenters. The van der Waals surface area contributed by atoms with Crippen molar-refractivity contribution in [3.63, 3.8) is 0 Å². The van der Waals surface area contributed by atoms with Gasteiger partial charge in [0.15, 0.2) is 0 Å². The molecule has 20 heavy (non-hydrogen) atoms. The van der Waals surface area contributed by atoms with Crippen LogP contribution in [0.15, 0.2) is 24.3 Å². The van der Waals surface area contributed by atoms with E-state index in [1.54, 1.807) is 0 Å². The lowest BCUT2D eigenvalue weighted by molar-refractivity contribution is 0.0559. The third-order valence-electron chi connectivity index (χ3n) is 4.21. The maximum Gasteiger partial charge on any atom is 0.0623 e. The van der Waals surface area contributed by atoms with Gasteiger partial charge < -0.3 is 15.4 Å². The number of hydrogen-bond acceptors (Lipinski definition) is 3. The van der Waals surface area contributed by atoms with Crippen molar-refractivity contribution in [2.75, 3.05) is 25.1 Å². The molecular weight excluding hydrogens is 387 g/mol. The molecule has 0 spiro atoms. The van der Waals surface area contributed by atoms with Crippen LogP contribution in [-0.2, 0) is 4.74 Å². The van der Waals surface area contributed by atoms with Crippen molar-refractivity contribution in [3.8, 4) is 0 Å². The highest BCUT2D eigenvalue weighted by Crippen LogP contribution is 2.32. The number of hydrogen-bond donors (Lipinski definition) is 2. The van der Waals surface area contributed by atoms with Crippen LogP contribution in [-0.4, -0.2) is 31.8 Å². The highest BCUT2D eigenvalue weighted by molar-refractivity contribution is 14.1. The second kappa shape index (κ2) is 7.82. The van der Waals surface area contributed by atoms with Crippen LogP contribution in [0.2, 0.25) is 0 Å². The Morgan fingerprint density at radius 2 is 2.20 bits per heavy atom. The van der Waals surface area contributed by atoms with Crippen molar-refractivity contribution >= 4 is 40.7 Å². The fourth-order valence-electron chi connectivity index (χ4n) is 3.30. The Kier molecular flexibility index (Phi) is 6.39. The Balaban J connectivity index is 0.00000147. The van der Waals surface area contributed by atoms with E-state index in [-0.39, 0.29) is 12.4 Å². The molecule has 2 aliphatic rings. The van der Waals surface area contributed by atoms with Crippen LogP contribution in [0.5, 0.6) is 0 Å². The molecule has 3 rings (SSSR count). The minimum Gasteiger partial charge on any atom is -0.382 e. The SMILES string of the molecule is Cl.Ic1cccc(NC2CCCC2C2COCCN2)c1. The topological polar surface area (TPSA) is 33.3 Å². The zero-order valence-corrected chi connectivity index (χ0v) is 14.5. The van der Waals surface area contributed by atoms with Crippen molar-refractivity contribution in [1.29, 1.82) is 0 Å². The third kappa shape index (κ3) is 4.00. The summed E-state index contributed by atoms with van der Waals surface area (Å²) in [5.41, 5.74) is 1.25. The van der Waals surface area contributed by atoms with Crippen molar-refractivity contribution < 1.29 is 4.74 Å². The Labute approximate surface area is 140 Å². The zero-order chi connectivity index (χ0) is 13.1. The average Bonchev–Trinajstić information content (AvgIpc) is 2.88. The lowest BCUT2D eigenvalue weighted by atomic mass is 9.94. The zero-order valence-electron chi connectivity index (χ0n) is 11.5. The van der Waals surface area contributed by atoms with Gasteiger partial charge in [0.1, 0.15) is 0 Å². The van der Waals surface area contributed by atoms with Crippen molar-refractivity contribution in [1.82, 2.24) is 5.32 Å². The minimum absolute atomic E-state index is 0. The minimum atomic E-state index is 0. The van der Waals surface area contributed by atoms with Gasteiger partial charge in [0.25, 0.3) is 0 Å². The molecule has 3 nitrogen and oxygen atoms in total. The molecule has 1 aromatic carbocycles. The van der Waals surface area contributed by atoms with Gasteiger partial charge >= 0.3 is 0 Å². The van der Waals surface area contributed by atoms with Gasteiger partial charge in [-0.05, 0) is 59.5 Å². The highest BCUT2D eigenvalue weighted by atomic mass is 127. The molecule has 2 fully saturated rings. The molecule has 1 saturated carbocycles. The molecule has 0 aromatic heterocycles. The standard InChI is InChI=1S/C15H21IN2O.ClH/c16-11-3-1-4-12(9-11)18-14-6-2-5-13(14)15-10-19-8-7-17-15;/h1,3-4,9,13-15,17-18H,2,5-8,10H2;1H. The van der Waals surface area contributed by atoms with E-state index in [2.05, 4.69) is 57.5 Å². The van der Waals surface area contributed by atoms with E-state index in [9.17, 15) is 0 Å². The predicted octanol–water partition coefficient (Wildman–Crippen LogP) is 3.28. The van der Waals surface area contributed by atoms with E-state index in [1.807, 2.05) is 0 Å². The van der Waals surface area contributed by atoms with E-state index in [4.69, 9.17) is 4.74 Å². The molecule has 1 saturated heterocycles. The summed E-state index contributed by atoms with van der Waals surface area (Å²) in [7, 11) is 0. The molecule has 1 heterocycles. The second-order valence-corrected chi connectivity index (χ2v) is 6.74. The summed E-state index contributed by atoms with van der Waals surface area (Å²) in [5, 5.41) is 7.35. The number of nitrogens with one attached hydrogen (secondary N) is 2.